The van der Waals surface area contributed by atoms with Crippen LogP contribution in [0.3, 0.4) is 0 Å². The number of carbonyl (C=O) groups is 2. The molecule has 0 spiro atoms. The highest BCUT2D eigenvalue weighted by molar-refractivity contribution is 6.03. The van der Waals surface area contributed by atoms with Crippen LogP contribution in [0.2, 0.25) is 0 Å². The second-order valence-corrected chi connectivity index (χ2v) is 8.38. The van der Waals surface area contributed by atoms with Crippen LogP contribution in [0.25, 0.3) is 11.1 Å². The van der Waals surface area contributed by atoms with Crippen molar-refractivity contribution in [2.75, 3.05) is 16.3 Å². The summed E-state index contributed by atoms with van der Waals surface area (Å²) in [6.07, 6.45) is 5.86. The molecule has 2 aromatic rings. The van der Waals surface area contributed by atoms with E-state index < -0.39 is 6.09 Å². The molecule has 4 rings (SSSR count). The third-order valence-corrected chi connectivity index (χ3v) is 5.42. The van der Waals surface area contributed by atoms with Gasteiger partial charge in [0.25, 0.3) is 0 Å². The number of anilines is 2. The summed E-state index contributed by atoms with van der Waals surface area (Å²) in [6.45, 7) is 8.50. The molecular weight excluding hydrogens is 368 g/mol. The van der Waals surface area contributed by atoms with Gasteiger partial charge in [-0.15, -0.1) is 0 Å². The number of amides is 2. The fraction of sp³-hybridized carbons (Fsp3) is 0.500. The molecule has 0 saturated heterocycles. The van der Waals surface area contributed by atoms with E-state index in [-0.39, 0.29) is 18.1 Å². The van der Waals surface area contributed by atoms with Crippen molar-refractivity contribution in [3.05, 3.63) is 30.6 Å². The third-order valence-electron chi connectivity index (χ3n) is 5.42. The van der Waals surface area contributed by atoms with E-state index in [0.29, 0.717) is 12.2 Å². The molecule has 2 heterocycles. The topological polar surface area (TPSA) is 67.7 Å². The van der Waals surface area contributed by atoms with Gasteiger partial charge < -0.3 is 9.64 Å². The third kappa shape index (κ3) is 3.99. The van der Waals surface area contributed by atoms with E-state index in [1.807, 2.05) is 56.0 Å². The van der Waals surface area contributed by atoms with Gasteiger partial charge in [-0.2, -0.15) is 5.10 Å². The van der Waals surface area contributed by atoms with Crippen LogP contribution in [-0.2, 0) is 16.1 Å². The van der Waals surface area contributed by atoms with Crippen LogP contribution in [0.4, 0.5) is 16.2 Å². The molecule has 1 aliphatic heterocycles. The predicted molar refractivity (Wildman–Crippen MR) is 112 cm³/mol. The molecule has 2 aliphatic rings. The van der Waals surface area contributed by atoms with E-state index in [9.17, 15) is 9.59 Å². The Hall–Kier alpha value is -2.83. The quantitative estimate of drug-likeness (QED) is 0.781. The van der Waals surface area contributed by atoms with Gasteiger partial charge in [0.1, 0.15) is 0 Å². The summed E-state index contributed by atoms with van der Waals surface area (Å²) in [5.74, 6) is 0.707. The lowest BCUT2D eigenvalue weighted by Crippen LogP contribution is -2.51. The Labute approximate surface area is 171 Å². The Morgan fingerprint density at radius 3 is 2.62 bits per heavy atom. The summed E-state index contributed by atoms with van der Waals surface area (Å²) in [5.41, 5.74) is 3.38. The lowest BCUT2D eigenvalue weighted by Gasteiger charge is -2.40. The molecule has 7 nitrogen and oxygen atoms in total. The lowest BCUT2D eigenvalue weighted by molar-refractivity contribution is -0.117. The van der Waals surface area contributed by atoms with Gasteiger partial charge in [-0.1, -0.05) is 6.07 Å². The van der Waals surface area contributed by atoms with Crippen molar-refractivity contribution in [2.24, 2.45) is 5.92 Å². The minimum absolute atomic E-state index is 0.0411. The molecule has 0 bridgehead atoms. The molecule has 1 atom stereocenters. The molecular formula is C22H28N4O3. The SMILES string of the molecule is CC(=O)N1c2ccc(-c3cnn(CC4CC4)c3)cc2N(C(=O)OC(C)C)C[C@@H]1C. The van der Waals surface area contributed by atoms with Crippen molar-refractivity contribution in [1.29, 1.82) is 0 Å². The molecule has 0 radical (unpaired) electrons. The molecule has 1 fully saturated rings. The van der Waals surface area contributed by atoms with Gasteiger partial charge in [0.05, 0.1) is 29.7 Å². The Bertz CT molecular complexity index is 932. The second kappa shape index (κ2) is 7.54. The highest BCUT2D eigenvalue weighted by Crippen LogP contribution is 2.39. The maximum Gasteiger partial charge on any atom is 0.414 e. The average Bonchev–Trinajstić information content (AvgIpc) is 3.34. The summed E-state index contributed by atoms with van der Waals surface area (Å²) in [4.78, 5) is 28.4. The van der Waals surface area contributed by atoms with Gasteiger partial charge in [0.15, 0.2) is 0 Å². The summed E-state index contributed by atoms with van der Waals surface area (Å²) >= 11 is 0. The molecule has 154 valence electrons. The van der Waals surface area contributed by atoms with Crippen LogP contribution in [0, 0.1) is 5.92 Å². The van der Waals surface area contributed by atoms with Gasteiger partial charge in [0.2, 0.25) is 5.91 Å². The fourth-order valence-electron chi connectivity index (χ4n) is 3.90. The van der Waals surface area contributed by atoms with Gasteiger partial charge in [0, 0.05) is 31.8 Å². The number of rotatable bonds is 4. The minimum Gasteiger partial charge on any atom is -0.446 e. The van der Waals surface area contributed by atoms with Crippen molar-refractivity contribution in [3.8, 4) is 11.1 Å². The zero-order valence-corrected chi connectivity index (χ0v) is 17.5. The molecule has 1 saturated carbocycles. The number of aromatic nitrogens is 2. The van der Waals surface area contributed by atoms with Crippen LogP contribution in [-0.4, -0.2) is 40.5 Å². The number of carbonyl (C=O) groups excluding carboxylic acids is 2. The summed E-state index contributed by atoms with van der Waals surface area (Å²) in [6, 6.07) is 5.72. The maximum atomic E-state index is 12.8. The van der Waals surface area contributed by atoms with E-state index in [1.54, 1.807) is 16.7 Å². The average molecular weight is 396 g/mol. The molecule has 29 heavy (non-hydrogen) atoms. The lowest BCUT2D eigenvalue weighted by atomic mass is 10.0. The number of nitrogens with zero attached hydrogens (tertiary/aromatic N) is 4. The first-order valence-electron chi connectivity index (χ1n) is 10.3. The van der Waals surface area contributed by atoms with Gasteiger partial charge >= 0.3 is 6.09 Å². The van der Waals surface area contributed by atoms with Crippen LogP contribution in [0.1, 0.15) is 40.5 Å². The number of hydrogen-bond acceptors (Lipinski definition) is 4. The molecule has 1 aliphatic carbocycles. The summed E-state index contributed by atoms with van der Waals surface area (Å²) in [5, 5.41) is 4.48. The first-order valence-corrected chi connectivity index (χ1v) is 10.3. The molecule has 2 amide bonds. The Kier molecular flexibility index (Phi) is 5.06. The number of fused-ring (bicyclic) bond motifs is 1. The Morgan fingerprint density at radius 1 is 1.21 bits per heavy atom. The standard InChI is InChI=1S/C22H28N4O3/c1-14(2)29-22(28)25-11-15(3)26(16(4)27)20-8-7-18(9-21(20)25)19-10-23-24(13-19)12-17-5-6-17/h7-10,13-15,17H,5-6,11-12H2,1-4H3/t15-/m0/s1. The maximum absolute atomic E-state index is 12.8. The molecule has 7 heteroatoms. The van der Waals surface area contributed by atoms with E-state index in [4.69, 9.17) is 4.74 Å². The smallest absolute Gasteiger partial charge is 0.414 e. The van der Waals surface area contributed by atoms with Crippen LogP contribution in [0.5, 0.6) is 0 Å². The van der Waals surface area contributed by atoms with Crippen LogP contribution >= 0.6 is 0 Å². The Balaban J connectivity index is 1.71. The van der Waals surface area contributed by atoms with Crippen molar-refractivity contribution < 1.29 is 14.3 Å². The summed E-state index contributed by atoms with van der Waals surface area (Å²) in [7, 11) is 0. The zero-order valence-electron chi connectivity index (χ0n) is 17.5. The molecule has 1 aromatic carbocycles. The van der Waals surface area contributed by atoms with E-state index in [1.165, 1.54) is 12.8 Å². The number of hydrogen-bond donors (Lipinski definition) is 0. The normalized spacial score (nSPS) is 18.7. The van der Waals surface area contributed by atoms with E-state index >= 15 is 0 Å². The van der Waals surface area contributed by atoms with Gasteiger partial charge in [-0.25, -0.2) is 4.79 Å². The predicted octanol–water partition coefficient (Wildman–Crippen LogP) is 4.07. The van der Waals surface area contributed by atoms with Crippen LogP contribution in [0.15, 0.2) is 30.6 Å². The fourth-order valence-corrected chi connectivity index (χ4v) is 3.90. The molecule has 0 N–H and O–H groups in total. The summed E-state index contributed by atoms with van der Waals surface area (Å²) < 4.78 is 7.45. The molecule has 1 aromatic heterocycles. The first-order chi connectivity index (χ1) is 13.8. The first kappa shape index (κ1) is 19.5. The molecule has 0 unspecified atom stereocenters. The highest BCUT2D eigenvalue weighted by atomic mass is 16.6. The van der Waals surface area contributed by atoms with Crippen LogP contribution < -0.4 is 9.80 Å². The van der Waals surface area contributed by atoms with Crippen molar-refractivity contribution in [1.82, 2.24) is 9.78 Å². The van der Waals surface area contributed by atoms with Crippen molar-refractivity contribution >= 4 is 23.4 Å². The van der Waals surface area contributed by atoms with Gasteiger partial charge in [-0.05, 0) is 57.2 Å². The number of ether oxygens (including phenoxy) is 1. The largest absolute Gasteiger partial charge is 0.446 e. The van der Waals surface area contributed by atoms with Gasteiger partial charge in [-0.3, -0.25) is 14.4 Å². The minimum atomic E-state index is -0.391. The van der Waals surface area contributed by atoms with Crippen molar-refractivity contribution in [3.63, 3.8) is 0 Å². The van der Waals surface area contributed by atoms with Crippen molar-refractivity contribution in [2.45, 2.75) is 59.2 Å². The second-order valence-electron chi connectivity index (χ2n) is 8.38. The monoisotopic (exact) mass is 396 g/mol. The Morgan fingerprint density at radius 2 is 1.97 bits per heavy atom. The van der Waals surface area contributed by atoms with E-state index in [2.05, 4.69) is 5.10 Å². The highest BCUT2D eigenvalue weighted by Gasteiger charge is 2.35. The zero-order chi connectivity index (χ0) is 20.7. The van der Waals surface area contributed by atoms with E-state index in [0.717, 1.165) is 29.3 Å². The number of benzene rings is 1.